The van der Waals surface area contributed by atoms with Crippen molar-refractivity contribution in [3.05, 3.63) is 0 Å². The third kappa shape index (κ3) is 15.0. The minimum Gasteiger partial charge on any atom is -0.312 e. The SMILES string of the molecule is CCCCCCOP(OCCCCl)OCCCCCC. The molecule has 0 spiro atoms. The monoisotopic (exact) mass is 326 g/mol. The van der Waals surface area contributed by atoms with Crippen molar-refractivity contribution in [1.29, 1.82) is 0 Å². The lowest BCUT2D eigenvalue weighted by Crippen LogP contribution is -2.00. The molecule has 5 heteroatoms. The first-order chi connectivity index (χ1) is 9.85. The molecule has 0 aromatic heterocycles. The van der Waals surface area contributed by atoms with Crippen LogP contribution in [0.25, 0.3) is 0 Å². The average Bonchev–Trinajstić information content (AvgIpc) is 2.46. The van der Waals surface area contributed by atoms with Gasteiger partial charge in [0.2, 0.25) is 0 Å². The summed E-state index contributed by atoms with van der Waals surface area (Å²) in [6.07, 6.45) is 10.5. The van der Waals surface area contributed by atoms with Crippen LogP contribution in [-0.4, -0.2) is 25.7 Å². The predicted molar refractivity (Wildman–Crippen MR) is 88.4 cm³/mol. The maximum atomic E-state index is 5.72. The molecule has 0 fully saturated rings. The summed E-state index contributed by atoms with van der Waals surface area (Å²) in [6, 6.07) is 0. The molecule has 0 bridgehead atoms. The van der Waals surface area contributed by atoms with Crippen molar-refractivity contribution in [2.75, 3.05) is 25.7 Å². The lowest BCUT2D eigenvalue weighted by atomic mass is 10.2. The Labute approximate surface area is 131 Å². The summed E-state index contributed by atoms with van der Waals surface area (Å²) in [6.45, 7) is 6.52. The highest BCUT2D eigenvalue weighted by Gasteiger charge is 2.11. The van der Waals surface area contributed by atoms with Crippen LogP contribution in [0, 0.1) is 0 Å². The maximum Gasteiger partial charge on any atom is 0.332 e. The molecule has 0 atom stereocenters. The lowest BCUT2D eigenvalue weighted by Gasteiger charge is -2.16. The van der Waals surface area contributed by atoms with Gasteiger partial charge in [-0.15, -0.1) is 11.6 Å². The summed E-state index contributed by atoms with van der Waals surface area (Å²) in [7, 11) is -1.17. The van der Waals surface area contributed by atoms with E-state index in [0.717, 1.165) is 32.5 Å². The highest BCUT2D eigenvalue weighted by Crippen LogP contribution is 2.40. The number of halogens is 1. The Bertz CT molecular complexity index is 171. The first kappa shape index (κ1) is 20.6. The van der Waals surface area contributed by atoms with E-state index in [2.05, 4.69) is 13.8 Å². The van der Waals surface area contributed by atoms with Crippen LogP contribution in [0.4, 0.5) is 0 Å². The van der Waals surface area contributed by atoms with E-state index in [1.807, 2.05) is 0 Å². The van der Waals surface area contributed by atoms with E-state index in [1.165, 1.54) is 38.5 Å². The van der Waals surface area contributed by atoms with Gasteiger partial charge >= 0.3 is 8.60 Å². The first-order valence-corrected chi connectivity index (χ1v) is 9.73. The number of hydrogen-bond donors (Lipinski definition) is 0. The molecule has 20 heavy (non-hydrogen) atoms. The molecule has 0 heterocycles. The maximum absolute atomic E-state index is 5.72. The standard InChI is InChI=1S/C15H32ClO3P/c1-3-5-7-9-13-17-20(19-15-11-12-16)18-14-10-8-6-4-2/h3-15H2,1-2H3. The topological polar surface area (TPSA) is 27.7 Å². The summed E-state index contributed by atoms with van der Waals surface area (Å²) < 4.78 is 17.1. The fourth-order valence-electron chi connectivity index (χ4n) is 1.64. The Kier molecular flexibility index (Phi) is 18.2. The molecule has 0 amide bonds. The highest BCUT2D eigenvalue weighted by molar-refractivity contribution is 7.41. The van der Waals surface area contributed by atoms with Gasteiger partial charge in [0.15, 0.2) is 0 Å². The van der Waals surface area contributed by atoms with Crippen LogP contribution in [0.15, 0.2) is 0 Å². The van der Waals surface area contributed by atoms with E-state index in [1.54, 1.807) is 0 Å². The van der Waals surface area contributed by atoms with Crippen molar-refractivity contribution in [3.63, 3.8) is 0 Å². The van der Waals surface area contributed by atoms with Gasteiger partial charge in [0.1, 0.15) is 0 Å². The third-order valence-corrected chi connectivity index (χ3v) is 4.31. The summed E-state index contributed by atoms with van der Waals surface area (Å²) in [5.74, 6) is 0.621. The lowest BCUT2D eigenvalue weighted by molar-refractivity contribution is 0.156. The van der Waals surface area contributed by atoms with Crippen molar-refractivity contribution in [1.82, 2.24) is 0 Å². The molecular formula is C15H32ClO3P. The molecule has 0 aromatic rings. The van der Waals surface area contributed by atoms with Gasteiger partial charge in [0.25, 0.3) is 0 Å². The molecule has 0 aromatic carbocycles. The van der Waals surface area contributed by atoms with Crippen molar-refractivity contribution >= 4 is 20.2 Å². The van der Waals surface area contributed by atoms with Crippen LogP contribution in [0.1, 0.15) is 71.6 Å². The second-order valence-electron chi connectivity index (χ2n) is 4.89. The van der Waals surface area contributed by atoms with E-state index in [0.29, 0.717) is 12.5 Å². The Morgan fingerprint density at radius 1 is 0.650 bits per heavy atom. The molecule has 0 aliphatic carbocycles. The number of hydrogen-bond acceptors (Lipinski definition) is 3. The Hall–Kier alpha value is 0.600. The molecule has 0 saturated heterocycles. The van der Waals surface area contributed by atoms with Crippen molar-refractivity contribution in [2.45, 2.75) is 71.6 Å². The molecule has 0 unspecified atom stereocenters. The fourth-order valence-corrected chi connectivity index (χ4v) is 2.81. The Morgan fingerprint density at radius 3 is 1.50 bits per heavy atom. The first-order valence-electron chi connectivity index (χ1n) is 8.10. The number of unbranched alkanes of at least 4 members (excludes halogenated alkanes) is 6. The van der Waals surface area contributed by atoms with Crippen LogP contribution in [-0.2, 0) is 13.6 Å². The molecule has 0 aliphatic heterocycles. The van der Waals surface area contributed by atoms with Crippen molar-refractivity contribution < 1.29 is 13.6 Å². The van der Waals surface area contributed by atoms with E-state index >= 15 is 0 Å². The highest BCUT2D eigenvalue weighted by atomic mass is 35.5. The van der Waals surface area contributed by atoms with Gasteiger partial charge in [0, 0.05) is 5.88 Å². The number of rotatable bonds is 16. The molecule has 3 nitrogen and oxygen atoms in total. The minimum atomic E-state index is -1.17. The Balaban J connectivity index is 3.64. The normalized spacial score (nSPS) is 11.4. The van der Waals surface area contributed by atoms with Gasteiger partial charge in [0.05, 0.1) is 19.8 Å². The van der Waals surface area contributed by atoms with Crippen LogP contribution in [0.5, 0.6) is 0 Å². The van der Waals surface area contributed by atoms with E-state index in [-0.39, 0.29) is 0 Å². The van der Waals surface area contributed by atoms with Gasteiger partial charge in [-0.25, -0.2) is 0 Å². The van der Waals surface area contributed by atoms with Gasteiger partial charge in [-0.1, -0.05) is 52.4 Å². The predicted octanol–water partition coefficient (Wildman–Crippen LogP) is 6.05. The van der Waals surface area contributed by atoms with Gasteiger partial charge in [-0.3, -0.25) is 0 Å². The zero-order valence-electron chi connectivity index (χ0n) is 13.2. The average molecular weight is 327 g/mol. The second kappa shape index (κ2) is 17.7. The zero-order valence-corrected chi connectivity index (χ0v) is 14.9. The molecule has 0 saturated carbocycles. The van der Waals surface area contributed by atoms with E-state index in [4.69, 9.17) is 25.2 Å². The fraction of sp³-hybridized carbons (Fsp3) is 1.00. The van der Waals surface area contributed by atoms with E-state index < -0.39 is 8.60 Å². The summed E-state index contributed by atoms with van der Waals surface area (Å²) >= 11 is 5.65. The Morgan fingerprint density at radius 2 is 1.10 bits per heavy atom. The largest absolute Gasteiger partial charge is 0.332 e. The van der Waals surface area contributed by atoms with Crippen LogP contribution < -0.4 is 0 Å². The second-order valence-corrected chi connectivity index (χ2v) is 6.49. The van der Waals surface area contributed by atoms with Crippen molar-refractivity contribution in [3.8, 4) is 0 Å². The molecule has 0 radical (unpaired) electrons. The smallest absolute Gasteiger partial charge is 0.312 e. The van der Waals surface area contributed by atoms with E-state index in [9.17, 15) is 0 Å². The third-order valence-electron chi connectivity index (χ3n) is 2.86. The summed E-state index contributed by atoms with van der Waals surface area (Å²) in [5.41, 5.74) is 0. The van der Waals surface area contributed by atoms with Gasteiger partial charge in [-0.2, -0.15) is 0 Å². The molecule has 122 valence electrons. The minimum absolute atomic E-state index is 0.621. The van der Waals surface area contributed by atoms with Crippen molar-refractivity contribution in [2.24, 2.45) is 0 Å². The molecular weight excluding hydrogens is 295 g/mol. The van der Waals surface area contributed by atoms with Crippen LogP contribution in [0.2, 0.25) is 0 Å². The summed E-state index contributed by atoms with van der Waals surface area (Å²) in [4.78, 5) is 0. The molecule has 0 N–H and O–H groups in total. The number of alkyl halides is 1. The summed E-state index contributed by atoms with van der Waals surface area (Å²) in [5, 5.41) is 0. The van der Waals surface area contributed by atoms with Crippen LogP contribution >= 0.6 is 20.2 Å². The quantitative estimate of drug-likeness (QED) is 0.196. The van der Waals surface area contributed by atoms with Crippen LogP contribution in [0.3, 0.4) is 0 Å². The van der Waals surface area contributed by atoms with Gasteiger partial charge in [-0.05, 0) is 19.3 Å². The molecule has 0 rings (SSSR count). The zero-order chi connectivity index (χ0) is 14.9. The molecule has 0 aliphatic rings. The van der Waals surface area contributed by atoms with Gasteiger partial charge < -0.3 is 13.6 Å².